The van der Waals surface area contributed by atoms with E-state index in [2.05, 4.69) is 10.6 Å². The molecule has 23 nitrogen and oxygen atoms in total. The average molecular weight is 733 g/mol. The molecule has 16 atom stereocenters. The highest BCUT2D eigenvalue weighted by molar-refractivity contribution is 5.78. The van der Waals surface area contributed by atoms with Crippen LogP contribution in [0.2, 0.25) is 0 Å². The largest absolute Gasteiger partial charge is 0.477 e. The van der Waals surface area contributed by atoms with Crippen LogP contribution in [0.3, 0.4) is 0 Å². The number of hydrogen-bond donors (Lipinski definition) is 13. The lowest BCUT2D eigenvalue weighted by Gasteiger charge is -2.51. The molecule has 0 bridgehead atoms. The van der Waals surface area contributed by atoms with Gasteiger partial charge in [0.2, 0.25) is 11.8 Å². The number of carboxylic acids is 1. The van der Waals surface area contributed by atoms with E-state index in [1.807, 2.05) is 0 Å². The van der Waals surface area contributed by atoms with Crippen LogP contribution in [0.1, 0.15) is 20.3 Å². The summed E-state index contributed by atoms with van der Waals surface area (Å²) in [5, 5.41) is 118. The first-order chi connectivity index (χ1) is 23.4. The van der Waals surface area contributed by atoms with Crippen LogP contribution in [0.5, 0.6) is 0 Å². The molecule has 1 unspecified atom stereocenters. The highest BCUT2D eigenvalue weighted by Crippen LogP contribution is 2.38. The Balaban J connectivity index is 2.01. The van der Waals surface area contributed by atoms with Crippen molar-refractivity contribution in [2.24, 2.45) is 0 Å². The number of aliphatic hydroxyl groups excluding tert-OH is 10. The number of aliphatic hydroxyl groups is 10. The second-order valence-electron chi connectivity index (χ2n) is 11.8. The van der Waals surface area contributed by atoms with Gasteiger partial charge in [-0.1, -0.05) is 0 Å². The zero-order chi connectivity index (χ0) is 37.7. The van der Waals surface area contributed by atoms with Gasteiger partial charge in [-0.05, 0) is 0 Å². The average Bonchev–Trinajstić information content (AvgIpc) is 3.06. The molecule has 0 spiro atoms. The van der Waals surface area contributed by atoms with E-state index in [1.165, 1.54) is 0 Å². The molecule has 3 rings (SSSR count). The molecule has 2 amide bonds. The van der Waals surface area contributed by atoms with E-state index >= 15 is 0 Å². The van der Waals surface area contributed by atoms with E-state index in [0.717, 1.165) is 13.8 Å². The lowest BCUT2D eigenvalue weighted by molar-refractivity contribution is -0.382. The van der Waals surface area contributed by atoms with Crippen LogP contribution in [0.4, 0.5) is 0 Å². The van der Waals surface area contributed by atoms with Gasteiger partial charge in [0.15, 0.2) is 18.7 Å². The number of hydrogen-bond acceptors (Lipinski definition) is 20. The van der Waals surface area contributed by atoms with Crippen molar-refractivity contribution in [1.82, 2.24) is 10.6 Å². The first-order valence-corrected chi connectivity index (χ1v) is 15.3. The van der Waals surface area contributed by atoms with E-state index in [1.54, 1.807) is 0 Å². The molecular weight excluding hydrogens is 688 g/mol. The summed E-state index contributed by atoms with van der Waals surface area (Å²) in [5.41, 5.74) is 0. The number of aliphatic carboxylic acids is 1. The van der Waals surface area contributed by atoms with Crippen molar-refractivity contribution in [3.8, 4) is 0 Å². The quantitative estimate of drug-likeness (QED) is 0.0737. The van der Waals surface area contributed by atoms with Gasteiger partial charge < -0.3 is 95.2 Å². The smallest absolute Gasteiger partial charge is 0.364 e. The monoisotopic (exact) mass is 732 g/mol. The lowest BCUT2D eigenvalue weighted by Crippen LogP contribution is -2.71. The molecule has 3 saturated heterocycles. The molecule has 0 aromatic rings. The van der Waals surface area contributed by atoms with E-state index < -0.39 is 154 Å². The van der Waals surface area contributed by atoms with Crippen LogP contribution in [0, 0.1) is 0 Å². The van der Waals surface area contributed by atoms with Crippen molar-refractivity contribution in [1.29, 1.82) is 0 Å². The van der Waals surface area contributed by atoms with Gasteiger partial charge in [-0.25, -0.2) is 4.79 Å². The highest BCUT2D eigenvalue weighted by Gasteiger charge is 2.60. The summed E-state index contributed by atoms with van der Waals surface area (Å²) in [6.45, 7) is -2.23. The molecule has 3 heterocycles. The van der Waals surface area contributed by atoms with Gasteiger partial charge in [-0.15, -0.1) is 0 Å². The van der Waals surface area contributed by atoms with Crippen LogP contribution in [0.15, 0.2) is 0 Å². The van der Waals surface area contributed by atoms with Crippen LogP contribution in [-0.4, -0.2) is 204 Å². The topological polar surface area (TPSA) is 370 Å². The van der Waals surface area contributed by atoms with Gasteiger partial charge >= 0.3 is 11.9 Å². The number of carbonyl (C=O) groups is 4. The van der Waals surface area contributed by atoms with E-state index in [-0.39, 0.29) is 0 Å². The van der Waals surface area contributed by atoms with Gasteiger partial charge in [0.1, 0.15) is 67.6 Å². The van der Waals surface area contributed by atoms with Crippen LogP contribution < -0.4 is 10.6 Å². The maximum Gasteiger partial charge on any atom is 0.364 e. The van der Waals surface area contributed by atoms with E-state index in [0.29, 0.717) is 0 Å². The molecule has 0 saturated carbocycles. The second-order valence-corrected chi connectivity index (χ2v) is 11.8. The maximum atomic E-state index is 12.8. The normalized spacial score (nSPS) is 40.3. The summed E-state index contributed by atoms with van der Waals surface area (Å²) < 4.78 is 32.6. The Morgan fingerprint density at radius 2 is 1.50 bits per heavy atom. The Hall–Kier alpha value is -2.72. The number of rotatable bonds is 14. The molecular formula is C27H44N2O21. The van der Waals surface area contributed by atoms with Crippen LogP contribution in [0.25, 0.3) is 0 Å². The Morgan fingerprint density at radius 1 is 0.860 bits per heavy atom. The third kappa shape index (κ3) is 9.19. The summed E-state index contributed by atoms with van der Waals surface area (Å²) in [7, 11) is 0. The zero-order valence-electron chi connectivity index (χ0n) is 26.7. The van der Waals surface area contributed by atoms with Crippen molar-refractivity contribution in [2.45, 2.75) is 118 Å². The summed E-state index contributed by atoms with van der Waals surface area (Å²) in [6, 6.07) is -3.27. The van der Waals surface area contributed by atoms with Gasteiger partial charge in [0, 0.05) is 20.3 Å². The molecule has 50 heavy (non-hydrogen) atoms. The van der Waals surface area contributed by atoms with Crippen molar-refractivity contribution >= 4 is 23.8 Å². The van der Waals surface area contributed by atoms with E-state index in [4.69, 9.17) is 28.4 Å². The minimum atomic E-state index is -3.14. The molecule has 0 aromatic carbocycles. The molecule has 0 aliphatic carbocycles. The molecule has 288 valence electrons. The highest BCUT2D eigenvalue weighted by atomic mass is 16.8. The van der Waals surface area contributed by atoms with Crippen LogP contribution >= 0.6 is 0 Å². The lowest BCUT2D eigenvalue weighted by atomic mass is 9.87. The predicted molar refractivity (Wildman–Crippen MR) is 153 cm³/mol. The third-order valence-electron chi connectivity index (χ3n) is 8.24. The number of carbonyl (C=O) groups excluding carboxylic acids is 3. The number of ether oxygens (including phenoxy) is 6. The Morgan fingerprint density at radius 3 is 2.02 bits per heavy atom. The first kappa shape index (κ1) is 41.7. The number of esters is 1. The number of carboxylic acid groups (broad SMARTS) is 1. The minimum Gasteiger partial charge on any atom is -0.477 e. The molecule has 23 heteroatoms. The van der Waals surface area contributed by atoms with Crippen molar-refractivity contribution in [3.05, 3.63) is 0 Å². The van der Waals surface area contributed by atoms with Crippen molar-refractivity contribution in [3.63, 3.8) is 0 Å². The third-order valence-corrected chi connectivity index (χ3v) is 8.24. The molecule has 0 aromatic heterocycles. The fourth-order valence-electron chi connectivity index (χ4n) is 5.89. The zero-order valence-corrected chi connectivity index (χ0v) is 26.7. The SMILES string of the molecule is CC(=O)N[C@H]1C(O)O[C@H](CO)[C@@H](O[C@@H]2O[C@H](CO)[C@H](O)[C@H](O[C@]3(C(=O)O)C[C@H](O)[C@@H](NC(=O)CO)[C@H]([C@H](OC(C)=O)[C@H](O)CO)O3)[C@H]2O)[C@@H]1O. The number of nitrogens with one attached hydrogen (secondary N) is 2. The summed E-state index contributed by atoms with van der Waals surface area (Å²) >= 11 is 0. The summed E-state index contributed by atoms with van der Waals surface area (Å²) in [6.07, 6.45) is -26.5. The van der Waals surface area contributed by atoms with Gasteiger partial charge in [0.25, 0.3) is 5.79 Å². The second kappa shape index (κ2) is 17.7. The van der Waals surface area contributed by atoms with E-state index in [9.17, 15) is 75.3 Å². The molecule has 13 N–H and O–H groups in total. The molecule has 0 radical (unpaired) electrons. The number of amides is 2. The summed E-state index contributed by atoms with van der Waals surface area (Å²) in [4.78, 5) is 48.5. The molecule has 3 aliphatic rings. The van der Waals surface area contributed by atoms with Crippen LogP contribution in [-0.2, 0) is 47.6 Å². The van der Waals surface area contributed by atoms with Gasteiger partial charge in [-0.2, -0.15) is 0 Å². The standard InChI is InChI=1S/C27H44N2O21/c1-8(34)28-16-18(40)21(13(6-32)46-24(16)42)48-25-19(41)23(17(39)12(5-31)47-25)50-27(26(43)44)3-10(36)15(29-14(38)7-33)22(49-27)20(11(37)4-30)45-9(2)35/h10-13,15-25,30-33,36-37,39-42H,3-7H2,1-2H3,(H,28,34)(H,29,38)(H,43,44)/t10-,11+,12+,13+,15+,16+,17-,18+,19+,20+,21+,22+,23-,24?,25-,27-/m0/s1. The first-order valence-electron chi connectivity index (χ1n) is 15.3. The predicted octanol–water partition coefficient (Wildman–Crippen LogP) is -8.54. The Bertz CT molecular complexity index is 1180. The van der Waals surface area contributed by atoms with Crippen molar-refractivity contribution < 1.29 is 104 Å². The Labute approximate surface area is 282 Å². The fourth-order valence-corrected chi connectivity index (χ4v) is 5.89. The van der Waals surface area contributed by atoms with Gasteiger partial charge in [-0.3, -0.25) is 14.4 Å². The van der Waals surface area contributed by atoms with Crippen molar-refractivity contribution in [2.75, 3.05) is 26.4 Å². The molecule has 3 aliphatic heterocycles. The maximum absolute atomic E-state index is 12.8. The molecule has 3 fully saturated rings. The Kier molecular flexibility index (Phi) is 14.7. The minimum absolute atomic E-state index is 0.712. The fraction of sp³-hybridized carbons (Fsp3) is 0.852. The van der Waals surface area contributed by atoms with Gasteiger partial charge in [0.05, 0.1) is 32.0 Å². The summed E-state index contributed by atoms with van der Waals surface area (Å²) in [5.74, 6) is -8.12.